The molecule has 0 unspecified atom stereocenters. The van der Waals surface area contributed by atoms with Crippen molar-refractivity contribution in [3.05, 3.63) is 96.3 Å². The third kappa shape index (κ3) is 4.17. The number of nitrogens with zero attached hydrogens (tertiary/aromatic N) is 3. The first-order valence-corrected chi connectivity index (χ1v) is 9.84. The number of halogens is 1. The lowest BCUT2D eigenvalue weighted by atomic mass is 10.2. The van der Waals surface area contributed by atoms with E-state index in [2.05, 4.69) is 0 Å². The van der Waals surface area contributed by atoms with Crippen LogP contribution in [-0.2, 0) is 11.3 Å². The van der Waals surface area contributed by atoms with Crippen molar-refractivity contribution >= 4 is 23.3 Å². The molecule has 0 aliphatic carbocycles. The van der Waals surface area contributed by atoms with E-state index in [1.54, 1.807) is 23.1 Å². The molecule has 1 aliphatic rings. The topological polar surface area (TPSA) is 43.9 Å². The van der Waals surface area contributed by atoms with Gasteiger partial charge in [-0.2, -0.15) is 0 Å². The molecule has 6 heteroatoms. The number of amides is 3. The van der Waals surface area contributed by atoms with Crippen molar-refractivity contribution in [1.82, 2.24) is 4.90 Å². The van der Waals surface area contributed by atoms with Gasteiger partial charge in [-0.15, -0.1) is 0 Å². The third-order valence-electron chi connectivity index (χ3n) is 5.12. The summed E-state index contributed by atoms with van der Waals surface area (Å²) in [5.74, 6) is -0.636. The van der Waals surface area contributed by atoms with E-state index in [4.69, 9.17) is 0 Å². The Morgan fingerprint density at radius 1 is 0.867 bits per heavy atom. The number of para-hydroxylation sites is 2. The minimum Gasteiger partial charge on any atom is -0.313 e. The van der Waals surface area contributed by atoms with Gasteiger partial charge < -0.3 is 9.80 Å². The number of hydrogen-bond donors (Lipinski definition) is 0. The Bertz CT molecular complexity index is 1030. The van der Waals surface area contributed by atoms with Crippen molar-refractivity contribution in [2.75, 3.05) is 29.4 Å². The lowest BCUT2D eigenvalue weighted by Crippen LogP contribution is -2.42. The van der Waals surface area contributed by atoms with Crippen LogP contribution in [0.4, 0.5) is 20.6 Å². The second-order valence-corrected chi connectivity index (χ2v) is 7.11. The van der Waals surface area contributed by atoms with Crippen LogP contribution in [0.2, 0.25) is 0 Å². The van der Waals surface area contributed by atoms with Crippen LogP contribution < -0.4 is 9.80 Å². The molecule has 1 fully saturated rings. The molecule has 0 bridgehead atoms. The molecule has 0 radical (unpaired) electrons. The maximum absolute atomic E-state index is 14.1. The van der Waals surface area contributed by atoms with Crippen molar-refractivity contribution < 1.29 is 14.0 Å². The number of urea groups is 1. The van der Waals surface area contributed by atoms with E-state index in [1.165, 1.54) is 15.9 Å². The summed E-state index contributed by atoms with van der Waals surface area (Å²) in [6.45, 7) is 1.05. The van der Waals surface area contributed by atoms with Gasteiger partial charge in [0.1, 0.15) is 12.4 Å². The first kappa shape index (κ1) is 19.6. The monoisotopic (exact) mass is 403 g/mol. The third-order valence-corrected chi connectivity index (χ3v) is 5.12. The maximum Gasteiger partial charge on any atom is 0.325 e. The highest BCUT2D eigenvalue weighted by molar-refractivity contribution is 6.00. The van der Waals surface area contributed by atoms with Gasteiger partial charge in [-0.3, -0.25) is 9.69 Å². The highest BCUT2D eigenvalue weighted by Gasteiger charge is 2.33. The first-order chi connectivity index (χ1) is 14.6. The Morgan fingerprint density at radius 2 is 1.50 bits per heavy atom. The molecular formula is C24H22FN3O2. The number of anilines is 2. The number of carbonyl (C=O) groups is 2. The average molecular weight is 403 g/mol. The summed E-state index contributed by atoms with van der Waals surface area (Å²) in [4.78, 5) is 30.5. The van der Waals surface area contributed by atoms with E-state index in [0.29, 0.717) is 19.6 Å². The zero-order valence-electron chi connectivity index (χ0n) is 16.4. The minimum atomic E-state index is -0.450. The van der Waals surface area contributed by atoms with E-state index >= 15 is 0 Å². The first-order valence-electron chi connectivity index (χ1n) is 9.84. The Morgan fingerprint density at radius 3 is 2.20 bits per heavy atom. The van der Waals surface area contributed by atoms with Crippen LogP contribution >= 0.6 is 0 Å². The van der Waals surface area contributed by atoms with Gasteiger partial charge in [0, 0.05) is 18.8 Å². The van der Waals surface area contributed by atoms with Gasteiger partial charge in [-0.05, 0) is 29.8 Å². The number of carbonyl (C=O) groups excluding carboxylic acids is 2. The van der Waals surface area contributed by atoms with Crippen LogP contribution in [0.5, 0.6) is 0 Å². The van der Waals surface area contributed by atoms with E-state index < -0.39 is 5.82 Å². The normalized spacial score (nSPS) is 13.6. The van der Waals surface area contributed by atoms with Crippen molar-refractivity contribution in [3.8, 4) is 0 Å². The Kier molecular flexibility index (Phi) is 5.75. The molecule has 3 amide bonds. The SMILES string of the molecule is O=C(CN1CCN(c2ccccc2F)C1=O)N(Cc1ccccc1)c1ccccc1. The fourth-order valence-corrected chi connectivity index (χ4v) is 3.57. The van der Waals surface area contributed by atoms with Gasteiger partial charge in [-0.1, -0.05) is 60.7 Å². The van der Waals surface area contributed by atoms with E-state index in [0.717, 1.165) is 11.3 Å². The number of benzene rings is 3. The van der Waals surface area contributed by atoms with Crippen molar-refractivity contribution in [2.45, 2.75) is 6.54 Å². The zero-order valence-corrected chi connectivity index (χ0v) is 16.4. The minimum absolute atomic E-state index is 0.0640. The molecule has 4 rings (SSSR count). The number of hydrogen-bond acceptors (Lipinski definition) is 2. The summed E-state index contributed by atoms with van der Waals surface area (Å²) in [6.07, 6.45) is 0. The fraction of sp³-hybridized carbons (Fsp3) is 0.167. The summed E-state index contributed by atoms with van der Waals surface area (Å²) in [6, 6.07) is 24.9. The van der Waals surface area contributed by atoms with Crippen LogP contribution in [0.1, 0.15) is 5.56 Å². The van der Waals surface area contributed by atoms with E-state index in [1.807, 2.05) is 60.7 Å². The number of rotatable bonds is 6. The van der Waals surface area contributed by atoms with Gasteiger partial charge in [0.2, 0.25) is 5.91 Å². The summed E-state index contributed by atoms with van der Waals surface area (Å²) in [5.41, 5.74) is 2.00. The molecule has 0 aromatic heterocycles. The Hall–Kier alpha value is -3.67. The molecule has 3 aromatic rings. The molecule has 1 aliphatic heterocycles. The molecule has 0 atom stereocenters. The quantitative estimate of drug-likeness (QED) is 0.616. The van der Waals surface area contributed by atoms with E-state index in [-0.39, 0.29) is 24.2 Å². The van der Waals surface area contributed by atoms with Crippen LogP contribution in [0.25, 0.3) is 0 Å². The highest BCUT2D eigenvalue weighted by atomic mass is 19.1. The molecule has 5 nitrogen and oxygen atoms in total. The highest BCUT2D eigenvalue weighted by Crippen LogP contribution is 2.24. The molecule has 0 N–H and O–H groups in total. The predicted molar refractivity (Wildman–Crippen MR) is 115 cm³/mol. The molecule has 1 heterocycles. The van der Waals surface area contributed by atoms with Crippen molar-refractivity contribution in [3.63, 3.8) is 0 Å². The van der Waals surface area contributed by atoms with Gasteiger partial charge in [0.05, 0.1) is 12.2 Å². The molecule has 152 valence electrons. The fourth-order valence-electron chi connectivity index (χ4n) is 3.57. The molecule has 3 aromatic carbocycles. The van der Waals surface area contributed by atoms with Crippen LogP contribution in [0.3, 0.4) is 0 Å². The smallest absolute Gasteiger partial charge is 0.313 e. The van der Waals surface area contributed by atoms with Crippen LogP contribution in [0, 0.1) is 5.82 Å². The molecule has 1 saturated heterocycles. The van der Waals surface area contributed by atoms with Crippen LogP contribution in [-0.4, -0.2) is 36.5 Å². The van der Waals surface area contributed by atoms with Crippen LogP contribution in [0.15, 0.2) is 84.9 Å². The maximum atomic E-state index is 14.1. The van der Waals surface area contributed by atoms with Gasteiger partial charge in [0.15, 0.2) is 0 Å². The second-order valence-electron chi connectivity index (χ2n) is 7.11. The zero-order chi connectivity index (χ0) is 20.9. The summed E-state index contributed by atoms with van der Waals surface area (Å²) >= 11 is 0. The molecule has 0 saturated carbocycles. The lowest BCUT2D eigenvalue weighted by molar-refractivity contribution is -0.119. The van der Waals surface area contributed by atoms with Gasteiger partial charge in [-0.25, -0.2) is 9.18 Å². The second kappa shape index (κ2) is 8.78. The van der Waals surface area contributed by atoms with Gasteiger partial charge >= 0.3 is 6.03 Å². The standard InChI is InChI=1S/C24H22FN3O2/c25-21-13-7-8-14-22(21)27-16-15-26(24(27)30)18-23(29)28(20-11-5-2-6-12-20)17-19-9-3-1-4-10-19/h1-14H,15-18H2. The molecule has 0 spiro atoms. The predicted octanol–water partition coefficient (Wildman–Crippen LogP) is 4.30. The summed E-state index contributed by atoms with van der Waals surface area (Å²) in [5, 5.41) is 0. The average Bonchev–Trinajstić information content (AvgIpc) is 3.13. The molecular weight excluding hydrogens is 381 g/mol. The van der Waals surface area contributed by atoms with Gasteiger partial charge in [0.25, 0.3) is 0 Å². The Balaban J connectivity index is 1.51. The lowest BCUT2D eigenvalue weighted by Gasteiger charge is -2.26. The summed E-state index contributed by atoms with van der Waals surface area (Å²) < 4.78 is 14.1. The largest absolute Gasteiger partial charge is 0.325 e. The summed E-state index contributed by atoms with van der Waals surface area (Å²) in [7, 11) is 0. The van der Waals surface area contributed by atoms with Crippen molar-refractivity contribution in [1.29, 1.82) is 0 Å². The Labute approximate surface area is 174 Å². The van der Waals surface area contributed by atoms with E-state index in [9.17, 15) is 14.0 Å². The molecule has 30 heavy (non-hydrogen) atoms. The van der Waals surface area contributed by atoms with Crippen molar-refractivity contribution in [2.24, 2.45) is 0 Å².